The molecule has 18 heavy (non-hydrogen) atoms. The Morgan fingerprint density at radius 3 is 1.78 bits per heavy atom. The number of benzene rings is 1. The van der Waals surface area contributed by atoms with Gasteiger partial charge in [0.1, 0.15) is 0 Å². The minimum absolute atomic E-state index is 0.986. The Kier molecular flexibility index (Phi) is 14.1. The third-order valence-electron chi connectivity index (χ3n) is 2.26. The molecule has 0 saturated carbocycles. The lowest BCUT2D eigenvalue weighted by molar-refractivity contribution is 1.16. The van der Waals surface area contributed by atoms with Gasteiger partial charge in [0.05, 0.1) is 0 Å². The van der Waals surface area contributed by atoms with Gasteiger partial charge in [-0.25, -0.2) is 0 Å². The molecule has 0 saturated heterocycles. The van der Waals surface area contributed by atoms with E-state index in [-0.39, 0.29) is 0 Å². The first-order valence-corrected chi connectivity index (χ1v) is 6.87. The Hall–Kier alpha value is -1.56. The lowest BCUT2D eigenvalue weighted by Crippen LogP contribution is -1.85. The van der Waals surface area contributed by atoms with Crippen molar-refractivity contribution in [3.8, 4) is 0 Å². The Morgan fingerprint density at radius 2 is 1.44 bits per heavy atom. The van der Waals surface area contributed by atoms with Crippen LogP contribution in [0.1, 0.15) is 46.6 Å². The van der Waals surface area contributed by atoms with Gasteiger partial charge >= 0.3 is 0 Å². The van der Waals surface area contributed by atoms with Crippen LogP contribution in [0.4, 0.5) is 0 Å². The molecule has 1 aromatic rings. The molecule has 0 amide bonds. The molecule has 0 nitrogen and oxygen atoms in total. The Labute approximate surface area is 114 Å². The molecular formula is C18H28. The van der Waals surface area contributed by atoms with Crippen molar-refractivity contribution in [2.75, 3.05) is 0 Å². The predicted molar refractivity (Wildman–Crippen MR) is 86.7 cm³/mol. The van der Waals surface area contributed by atoms with Gasteiger partial charge in [0.15, 0.2) is 0 Å². The molecule has 0 aromatic heterocycles. The molecule has 0 spiro atoms. The largest absolute Gasteiger partial charge is 0.0988 e. The summed E-state index contributed by atoms with van der Waals surface area (Å²) in [6, 6.07) is 10.3. The number of allylic oxidation sites excluding steroid dienone is 4. The molecule has 0 heterocycles. The summed E-state index contributed by atoms with van der Waals surface area (Å²) in [5, 5.41) is 0. The van der Waals surface area contributed by atoms with E-state index in [1.54, 1.807) is 0 Å². The van der Waals surface area contributed by atoms with E-state index < -0.39 is 0 Å². The van der Waals surface area contributed by atoms with Gasteiger partial charge < -0.3 is 0 Å². The van der Waals surface area contributed by atoms with Crippen LogP contribution in [0.3, 0.4) is 0 Å². The monoisotopic (exact) mass is 244 g/mol. The third kappa shape index (κ3) is 6.24. The SMILES string of the molecule is C=C/C(CC)=C(\C=C)c1ccccc1.CC.CC. The predicted octanol–water partition coefficient (Wildman–Crippen LogP) is 6.27. The summed E-state index contributed by atoms with van der Waals surface area (Å²) in [4.78, 5) is 0. The van der Waals surface area contributed by atoms with Crippen molar-refractivity contribution in [1.82, 2.24) is 0 Å². The molecule has 0 N–H and O–H groups in total. The first-order valence-electron chi connectivity index (χ1n) is 6.87. The third-order valence-corrected chi connectivity index (χ3v) is 2.26. The lowest BCUT2D eigenvalue weighted by atomic mass is 9.98. The highest BCUT2D eigenvalue weighted by Crippen LogP contribution is 2.22. The van der Waals surface area contributed by atoms with E-state index in [2.05, 4.69) is 32.2 Å². The second-order valence-electron chi connectivity index (χ2n) is 3.07. The van der Waals surface area contributed by atoms with Crippen LogP contribution in [0, 0.1) is 0 Å². The number of rotatable bonds is 4. The molecule has 0 aliphatic carbocycles. The van der Waals surface area contributed by atoms with Gasteiger partial charge in [-0.3, -0.25) is 0 Å². The van der Waals surface area contributed by atoms with Gasteiger partial charge in [0.2, 0.25) is 0 Å². The van der Waals surface area contributed by atoms with Crippen molar-refractivity contribution in [3.63, 3.8) is 0 Å². The van der Waals surface area contributed by atoms with Crippen molar-refractivity contribution < 1.29 is 0 Å². The van der Waals surface area contributed by atoms with Crippen LogP contribution in [0.5, 0.6) is 0 Å². The highest BCUT2D eigenvalue weighted by Gasteiger charge is 2.00. The lowest BCUT2D eigenvalue weighted by Gasteiger charge is -2.07. The molecule has 0 unspecified atom stereocenters. The zero-order valence-electron chi connectivity index (χ0n) is 12.7. The molecule has 0 heteroatoms. The van der Waals surface area contributed by atoms with Crippen LogP contribution < -0.4 is 0 Å². The van der Waals surface area contributed by atoms with Crippen LogP contribution in [0.2, 0.25) is 0 Å². The van der Waals surface area contributed by atoms with E-state index in [0.717, 1.165) is 6.42 Å². The summed E-state index contributed by atoms with van der Waals surface area (Å²) in [6.07, 6.45) is 4.79. The molecule has 0 radical (unpaired) electrons. The van der Waals surface area contributed by atoms with E-state index in [4.69, 9.17) is 0 Å². The van der Waals surface area contributed by atoms with Crippen molar-refractivity contribution in [3.05, 3.63) is 66.8 Å². The summed E-state index contributed by atoms with van der Waals surface area (Å²) in [5.41, 5.74) is 3.63. The van der Waals surface area contributed by atoms with Gasteiger partial charge in [-0.15, -0.1) is 0 Å². The van der Waals surface area contributed by atoms with Gasteiger partial charge in [-0.2, -0.15) is 0 Å². The second kappa shape index (κ2) is 13.5. The average molecular weight is 244 g/mol. The van der Waals surface area contributed by atoms with Crippen LogP contribution in [-0.2, 0) is 0 Å². The fourth-order valence-electron chi connectivity index (χ4n) is 1.50. The molecule has 0 fully saturated rings. The van der Waals surface area contributed by atoms with Gasteiger partial charge in [-0.05, 0) is 23.1 Å². The summed E-state index contributed by atoms with van der Waals surface area (Å²) in [6.45, 7) is 17.8. The standard InChI is InChI=1S/C14H16.2C2H6/c1-4-12(5-2)14(6-3)13-10-8-7-9-11-13;2*1-2/h4,6-11H,1,3,5H2,2H3;2*1-2H3/b14-12-;;. The van der Waals surface area contributed by atoms with Crippen LogP contribution in [-0.4, -0.2) is 0 Å². The molecule has 0 aliphatic heterocycles. The van der Waals surface area contributed by atoms with Crippen LogP contribution in [0.15, 0.2) is 61.2 Å². The number of hydrogen-bond acceptors (Lipinski definition) is 0. The summed E-state index contributed by atoms with van der Waals surface area (Å²) >= 11 is 0. The van der Waals surface area contributed by atoms with E-state index >= 15 is 0 Å². The van der Waals surface area contributed by atoms with Crippen molar-refractivity contribution >= 4 is 5.57 Å². The molecule has 0 aliphatic rings. The zero-order chi connectivity index (χ0) is 14.4. The molecule has 0 bridgehead atoms. The van der Waals surface area contributed by atoms with Crippen LogP contribution >= 0.6 is 0 Å². The molecule has 1 rings (SSSR count). The number of hydrogen-bond donors (Lipinski definition) is 0. The Bertz CT molecular complexity index is 342. The average Bonchev–Trinajstić information content (AvgIpc) is 2.49. The van der Waals surface area contributed by atoms with Gasteiger partial charge in [-0.1, -0.05) is 90.3 Å². The van der Waals surface area contributed by atoms with Gasteiger partial charge in [0, 0.05) is 0 Å². The minimum atomic E-state index is 0.986. The maximum absolute atomic E-state index is 3.85. The highest BCUT2D eigenvalue weighted by molar-refractivity contribution is 5.77. The van der Waals surface area contributed by atoms with Crippen molar-refractivity contribution in [2.45, 2.75) is 41.0 Å². The van der Waals surface area contributed by atoms with E-state index in [0.29, 0.717) is 0 Å². The normalized spacial score (nSPS) is 9.83. The van der Waals surface area contributed by atoms with E-state index in [1.807, 2.05) is 58.0 Å². The molecule has 0 atom stereocenters. The van der Waals surface area contributed by atoms with Crippen molar-refractivity contribution in [1.29, 1.82) is 0 Å². The quantitative estimate of drug-likeness (QED) is 0.547. The van der Waals surface area contributed by atoms with E-state index in [9.17, 15) is 0 Å². The second-order valence-corrected chi connectivity index (χ2v) is 3.07. The maximum Gasteiger partial charge on any atom is -0.0158 e. The zero-order valence-corrected chi connectivity index (χ0v) is 12.7. The first-order chi connectivity index (χ1) is 8.83. The summed E-state index contributed by atoms with van der Waals surface area (Å²) < 4.78 is 0. The molecular weight excluding hydrogens is 216 g/mol. The molecule has 1 aromatic carbocycles. The Balaban J connectivity index is 0. The topological polar surface area (TPSA) is 0 Å². The van der Waals surface area contributed by atoms with Crippen LogP contribution in [0.25, 0.3) is 5.57 Å². The molecule has 100 valence electrons. The van der Waals surface area contributed by atoms with Gasteiger partial charge in [0.25, 0.3) is 0 Å². The minimum Gasteiger partial charge on any atom is -0.0988 e. The van der Waals surface area contributed by atoms with E-state index in [1.165, 1.54) is 16.7 Å². The fraction of sp³-hybridized carbons (Fsp3) is 0.333. The first kappa shape index (κ1) is 18.8. The maximum atomic E-state index is 3.85. The summed E-state index contributed by atoms with van der Waals surface area (Å²) in [5.74, 6) is 0. The fourth-order valence-corrected chi connectivity index (χ4v) is 1.50. The Morgan fingerprint density at radius 1 is 0.944 bits per heavy atom. The van der Waals surface area contributed by atoms with Crippen molar-refractivity contribution in [2.24, 2.45) is 0 Å². The summed E-state index contributed by atoms with van der Waals surface area (Å²) in [7, 11) is 0. The smallest absolute Gasteiger partial charge is 0.0158 e. The highest BCUT2D eigenvalue weighted by atomic mass is 14.0.